The molecule has 1 saturated heterocycles. The van der Waals surface area contributed by atoms with E-state index in [1.165, 1.54) is 12.1 Å². The molecule has 6 heteroatoms. The Morgan fingerprint density at radius 2 is 1.75 bits per heavy atom. The van der Waals surface area contributed by atoms with Crippen molar-refractivity contribution in [3.8, 4) is 0 Å². The van der Waals surface area contributed by atoms with Gasteiger partial charge in [0.05, 0.1) is 11.2 Å². The maximum atomic E-state index is 13.8. The Morgan fingerprint density at radius 3 is 2.21 bits per heavy atom. The highest BCUT2D eigenvalue weighted by Gasteiger charge is 2.52. The van der Waals surface area contributed by atoms with Crippen LogP contribution in [0.3, 0.4) is 0 Å². The lowest BCUT2D eigenvalue weighted by Crippen LogP contribution is -2.44. The number of rotatable bonds is 4. The molecule has 0 N–H and O–H groups in total. The van der Waals surface area contributed by atoms with Crippen molar-refractivity contribution >= 4 is 18.5 Å². The molecule has 1 amide bonds. The molecule has 1 aromatic rings. The Kier molecular flexibility index (Phi) is 5.12. The molecular formula is C18H27BFNO3. The van der Waals surface area contributed by atoms with E-state index in [0.717, 1.165) is 0 Å². The van der Waals surface area contributed by atoms with Crippen molar-refractivity contribution in [2.24, 2.45) is 0 Å². The van der Waals surface area contributed by atoms with Gasteiger partial charge in [-0.3, -0.25) is 4.79 Å². The normalized spacial score (nSPS) is 19.0. The van der Waals surface area contributed by atoms with Crippen LogP contribution >= 0.6 is 0 Å². The topological polar surface area (TPSA) is 38.8 Å². The van der Waals surface area contributed by atoms with Crippen molar-refractivity contribution in [3.05, 3.63) is 29.6 Å². The van der Waals surface area contributed by atoms with Crippen molar-refractivity contribution in [2.45, 2.75) is 65.7 Å². The lowest BCUT2D eigenvalue weighted by Gasteiger charge is -2.32. The third-order valence-electron chi connectivity index (χ3n) is 4.98. The lowest BCUT2D eigenvalue weighted by atomic mass is 9.75. The predicted molar refractivity (Wildman–Crippen MR) is 94.0 cm³/mol. The minimum absolute atomic E-state index is 0.0249. The van der Waals surface area contributed by atoms with Gasteiger partial charge in [0.25, 0.3) is 5.91 Å². The third-order valence-corrected chi connectivity index (χ3v) is 4.98. The molecule has 0 atom stereocenters. The summed E-state index contributed by atoms with van der Waals surface area (Å²) in [5.41, 5.74) is -0.174. The number of halogens is 1. The summed E-state index contributed by atoms with van der Waals surface area (Å²) in [5, 5.41) is 0. The second-order valence-electron chi connectivity index (χ2n) is 7.50. The number of carbonyl (C=O) groups is 1. The Hall–Kier alpha value is -1.40. The van der Waals surface area contributed by atoms with Crippen molar-refractivity contribution in [1.29, 1.82) is 0 Å². The summed E-state index contributed by atoms with van der Waals surface area (Å²) >= 11 is 0. The van der Waals surface area contributed by atoms with Crippen LogP contribution in [0.2, 0.25) is 0 Å². The van der Waals surface area contributed by atoms with Crippen LogP contribution in [0.25, 0.3) is 0 Å². The van der Waals surface area contributed by atoms with Gasteiger partial charge in [-0.1, -0.05) is 6.07 Å². The summed E-state index contributed by atoms with van der Waals surface area (Å²) in [4.78, 5) is 14.6. The third kappa shape index (κ3) is 3.35. The zero-order valence-corrected chi connectivity index (χ0v) is 15.6. The van der Waals surface area contributed by atoms with Gasteiger partial charge in [0.15, 0.2) is 0 Å². The van der Waals surface area contributed by atoms with Gasteiger partial charge in [-0.25, -0.2) is 4.39 Å². The zero-order valence-electron chi connectivity index (χ0n) is 15.6. The molecule has 0 saturated carbocycles. The van der Waals surface area contributed by atoms with Crippen LogP contribution in [-0.2, 0) is 9.31 Å². The van der Waals surface area contributed by atoms with Gasteiger partial charge in [0, 0.05) is 18.2 Å². The summed E-state index contributed by atoms with van der Waals surface area (Å²) in [6, 6.07) is 4.21. The van der Waals surface area contributed by atoms with E-state index in [-0.39, 0.29) is 11.9 Å². The molecule has 1 aliphatic rings. The molecule has 0 aliphatic carbocycles. The van der Waals surface area contributed by atoms with Crippen LogP contribution in [0.1, 0.15) is 58.8 Å². The average Bonchev–Trinajstić information content (AvgIpc) is 2.67. The summed E-state index contributed by atoms with van der Waals surface area (Å²) < 4.78 is 25.9. The highest BCUT2D eigenvalue weighted by atomic mass is 19.1. The maximum absolute atomic E-state index is 13.8. The molecule has 0 aromatic heterocycles. The first-order chi connectivity index (χ1) is 11.0. The van der Waals surface area contributed by atoms with Crippen molar-refractivity contribution in [2.75, 3.05) is 6.54 Å². The van der Waals surface area contributed by atoms with E-state index in [1.54, 1.807) is 11.0 Å². The number of amides is 1. The highest BCUT2D eigenvalue weighted by molar-refractivity contribution is 6.63. The molecule has 132 valence electrons. The Labute approximate surface area is 144 Å². The van der Waals surface area contributed by atoms with E-state index in [4.69, 9.17) is 9.31 Å². The fraction of sp³-hybridized carbons (Fsp3) is 0.611. The molecule has 0 bridgehead atoms. The summed E-state index contributed by atoms with van der Waals surface area (Å²) in [5.74, 6) is -0.657. The number of nitrogens with zero attached hydrogens (tertiary/aromatic N) is 1. The van der Waals surface area contributed by atoms with E-state index in [2.05, 4.69) is 0 Å². The molecule has 24 heavy (non-hydrogen) atoms. The van der Waals surface area contributed by atoms with Gasteiger partial charge in [-0.05, 0) is 66.1 Å². The molecule has 1 aromatic carbocycles. The quantitative estimate of drug-likeness (QED) is 0.794. The van der Waals surface area contributed by atoms with Crippen molar-refractivity contribution in [1.82, 2.24) is 4.90 Å². The smallest absolute Gasteiger partial charge is 0.399 e. The number of carbonyl (C=O) groups excluding carboxylic acids is 1. The SMILES string of the molecule is CCN(C(=O)c1cc(F)ccc1B1OC(C)(C)C(C)(C)O1)C(C)C. The van der Waals surface area contributed by atoms with Gasteiger partial charge in [0.2, 0.25) is 0 Å². The molecule has 1 aliphatic heterocycles. The van der Waals surface area contributed by atoms with E-state index < -0.39 is 24.1 Å². The highest BCUT2D eigenvalue weighted by Crippen LogP contribution is 2.36. The summed E-state index contributed by atoms with van der Waals surface area (Å²) in [7, 11) is -0.694. The van der Waals surface area contributed by atoms with Gasteiger partial charge in [-0.15, -0.1) is 0 Å². The van der Waals surface area contributed by atoms with Crippen LogP contribution in [-0.4, -0.2) is 41.7 Å². The van der Waals surface area contributed by atoms with Crippen LogP contribution in [0.4, 0.5) is 4.39 Å². The fourth-order valence-corrected chi connectivity index (χ4v) is 2.79. The first kappa shape index (κ1) is 18.9. The standard InChI is InChI=1S/C18H27BFNO3/c1-8-21(12(2)3)16(22)14-11-13(20)9-10-15(14)19-23-17(4,5)18(6,7)24-19/h9-12H,8H2,1-7H3. The minimum Gasteiger partial charge on any atom is -0.399 e. The van der Waals surface area contributed by atoms with E-state index in [1.807, 2.05) is 48.5 Å². The number of hydrogen-bond acceptors (Lipinski definition) is 3. The Balaban J connectivity index is 2.45. The van der Waals surface area contributed by atoms with Gasteiger partial charge < -0.3 is 14.2 Å². The van der Waals surface area contributed by atoms with Gasteiger partial charge in [0.1, 0.15) is 5.82 Å². The van der Waals surface area contributed by atoms with Crippen molar-refractivity contribution in [3.63, 3.8) is 0 Å². The monoisotopic (exact) mass is 335 g/mol. The summed E-state index contributed by atoms with van der Waals surface area (Å²) in [6.45, 7) is 14.1. The van der Waals surface area contributed by atoms with Gasteiger partial charge in [-0.2, -0.15) is 0 Å². The predicted octanol–water partition coefficient (Wildman–Crippen LogP) is 3.00. The second-order valence-corrected chi connectivity index (χ2v) is 7.50. The molecule has 0 radical (unpaired) electrons. The zero-order chi connectivity index (χ0) is 18.3. The molecule has 2 rings (SSSR count). The Morgan fingerprint density at radius 1 is 1.21 bits per heavy atom. The minimum atomic E-state index is -0.694. The van der Waals surface area contributed by atoms with Crippen molar-refractivity contribution < 1.29 is 18.5 Å². The fourth-order valence-electron chi connectivity index (χ4n) is 2.79. The lowest BCUT2D eigenvalue weighted by molar-refractivity contribution is 0.00578. The van der Waals surface area contributed by atoms with Crippen LogP contribution in [0.15, 0.2) is 18.2 Å². The van der Waals surface area contributed by atoms with E-state index in [0.29, 0.717) is 17.6 Å². The molecule has 1 fully saturated rings. The average molecular weight is 335 g/mol. The molecule has 0 unspecified atom stereocenters. The van der Waals surface area contributed by atoms with Crippen LogP contribution in [0, 0.1) is 5.82 Å². The molecule has 4 nitrogen and oxygen atoms in total. The number of benzene rings is 1. The Bertz CT molecular complexity index is 615. The van der Waals surface area contributed by atoms with Crippen LogP contribution in [0.5, 0.6) is 0 Å². The second kappa shape index (κ2) is 6.49. The maximum Gasteiger partial charge on any atom is 0.495 e. The number of hydrogen-bond donors (Lipinski definition) is 0. The molecular weight excluding hydrogens is 308 g/mol. The largest absolute Gasteiger partial charge is 0.495 e. The van der Waals surface area contributed by atoms with E-state index >= 15 is 0 Å². The van der Waals surface area contributed by atoms with Crippen LogP contribution < -0.4 is 5.46 Å². The van der Waals surface area contributed by atoms with E-state index in [9.17, 15) is 9.18 Å². The summed E-state index contributed by atoms with van der Waals surface area (Å²) in [6.07, 6.45) is 0. The van der Waals surface area contributed by atoms with Gasteiger partial charge >= 0.3 is 7.12 Å². The molecule has 0 spiro atoms. The molecule has 1 heterocycles. The first-order valence-corrected chi connectivity index (χ1v) is 8.46. The first-order valence-electron chi connectivity index (χ1n) is 8.46.